The molecule has 1 saturated carbocycles. The minimum Gasteiger partial charge on any atom is -0.314 e. The van der Waals surface area contributed by atoms with Crippen LogP contribution in [-0.4, -0.2) is 22.4 Å². The first-order valence-corrected chi connectivity index (χ1v) is 7.42. The Morgan fingerprint density at radius 3 is 2.83 bits per heavy atom. The molecule has 3 nitrogen and oxygen atoms in total. The third kappa shape index (κ3) is 2.89. The first kappa shape index (κ1) is 13.9. The predicted octanol–water partition coefficient (Wildman–Crippen LogP) is 3.09. The van der Waals surface area contributed by atoms with Gasteiger partial charge in [-0.3, -0.25) is 4.68 Å². The minimum absolute atomic E-state index is 0.667. The van der Waals surface area contributed by atoms with E-state index in [1.54, 1.807) is 4.68 Å². The van der Waals surface area contributed by atoms with Crippen molar-refractivity contribution in [2.45, 2.75) is 52.0 Å². The second-order valence-electron chi connectivity index (χ2n) is 5.43. The van der Waals surface area contributed by atoms with Gasteiger partial charge in [-0.2, -0.15) is 5.10 Å². The van der Waals surface area contributed by atoms with Crippen LogP contribution in [0.4, 0.5) is 0 Å². The van der Waals surface area contributed by atoms with Crippen molar-refractivity contribution >= 4 is 11.6 Å². The van der Waals surface area contributed by atoms with Crippen LogP contribution in [0.15, 0.2) is 0 Å². The molecule has 1 aliphatic carbocycles. The quantitative estimate of drug-likeness (QED) is 0.890. The molecule has 1 aromatic rings. The topological polar surface area (TPSA) is 29.9 Å². The summed E-state index contributed by atoms with van der Waals surface area (Å²) in [7, 11) is 1.92. The summed E-state index contributed by atoms with van der Waals surface area (Å²) in [5.41, 5.74) is 2.33. The second-order valence-corrected chi connectivity index (χ2v) is 5.79. The van der Waals surface area contributed by atoms with Gasteiger partial charge >= 0.3 is 0 Å². The molecule has 1 fully saturated rings. The molecule has 1 heterocycles. The molecule has 4 heteroatoms. The molecule has 2 unspecified atom stereocenters. The smallest absolute Gasteiger partial charge is 0.130 e. The van der Waals surface area contributed by atoms with Gasteiger partial charge in [-0.05, 0) is 45.1 Å². The van der Waals surface area contributed by atoms with Crippen molar-refractivity contribution in [2.75, 3.05) is 6.54 Å². The Hall–Kier alpha value is -0.540. The average molecular weight is 270 g/mol. The fraction of sp³-hybridized carbons (Fsp3) is 0.786. The molecule has 2 rings (SSSR count). The lowest BCUT2D eigenvalue weighted by molar-refractivity contribution is 0.398. The second kappa shape index (κ2) is 6.07. The standard InChI is InChI=1S/C14H24ClN3/c1-4-8-16-13-7-5-6-11(13)9-12-10(2)17-18(3)14(12)15/h11,13,16H,4-9H2,1-3H3. The van der Waals surface area contributed by atoms with Gasteiger partial charge in [0.05, 0.1) is 5.69 Å². The highest BCUT2D eigenvalue weighted by atomic mass is 35.5. The Kier molecular flexibility index (Phi) is 4.68. The molecule has 1 N–H and O–H groups in total. The molecular formula is C14H24ClN3. The van der Waals surface area contributed by atoms with Crippen LogP contribution in [-0.2, 0) is 13.5 Å². The average Bonchev–Trinajstić information content (AvgIpc) is 2.87. The van der Waals surface area contributed by atoms with Crippen molar-refractivity contribution in [3.8, 4) is 0 Å². The number of nitrogens with one attached hydrogen (secondary N) is 1. The van der Waals surface area contributed by atoms with Crippen LogP contribution in [0.25, 0.3) is 0 Å². The first-order chi connectivity index (χ1) is 8.63. The van der Waals surface area contributed by atoms with E-state index in [-0.39, 0.29) is 0 Å². The Morgan fingerprint density at radius 1 is 1.44 bits per heavy atom. The number of rotatable bonds is 5. The fourth-order valence-corrected chi connectivity index (χ4v) is 3.30. The summed E-state index contributed by atoms with van der Waals surface area (Å²) in [4.78, 5) is 0. The predicted molar refractivity (Wildman–Crippen MR) is 76.1 cm³/mol. The third-order valence-electron chi connectivity index (χ3n) is 4.05. The van der Waals surface area contributed by atoms with E-state index in [1.807, 2.05) is 7.05 Å². The van der Waals surface area contributed by atoms with Crippen LogP contribution < -0.4 is 5.32 Å². The van der Waals surface area contributed by atoms with E-state index in [0.29, 0.717) is 6.04 Å². The van der Waals surface area contributed by atoms with Crippen molar-refractivity contribution in [2.24, 2.45) is 13.0 Å². The summed E-state index contributed by atoms with van der Waals surface area (Å²) in [6.07, 6.45) is 6.23. The van der Waals surface area contributed by atoms with Crippen molar-refractivity contribution in [1.29, 1.82) is 0 Å². The molecule has 102 valence electrons. The van der Waals surface area contributed by atoms with Crippen LogP contribution >= 0.6 is 11.6 Å². The zero-order valence-electron chi connectivity index (χ0n) is 11.7. The fourth-order valence-electron chi connectivity index (χ4n) is 3.05. The highest BCUT2D eigenvalue weighted by molar-refractivity contribution is 6.30. The van der Waals surface area contributed by atoms with Gasteiger partial charge in [0.15, 0.2) is 0 Å². The van der Waals surface area contributed by atoms with Gasteiger partial charge in [0.2, 0.25) is 0 Å². The molecule has 18 heavy (non-hydrogen) atoms. The molecule has 1 aromatic heterocycles. The molecular weight excluding hydrogens is 246 g/mol. The van der Waals surface area contributed by atoms with E-state index in [2.05, 4.69) is 24.3 Å². The molecule has 0 saturated heterocycles. The van der Waals surface area contributed by atoms with Gasteiger partial charge in [0.25, 0.3) is 0 Å². The normalized spacial score (nSPS) is 23.8. The Balaban J connectivity index is 2.03. The molecule has 2 atom stereocenters. The number of aromatic nitrogens is 2. The lowest BCUT2D eigenvalue weighted by atomic mass is 9.95. The van der Waals surface area contributed by atoms with Crippen molar-refractivity contribution in [1.82, 2.24) is 15.1 Å². The lowest BCUT2D eigenvalue weighted by Gasteiger charge is -2.20. The Morgan fingerprint density at radius 2 is 2.22 bits per heavy atom. The number of hydrogen-bond acceptors (Lipinski definition) is 2. The first-order valence-electron chi connectivity index (χ1n) is 7.04. The number of aryl methyl sites for hydroxylation is 2. The zero-order chi connectivity index (χ0) is 13.1. The van der Waals surface area contributed by atoms with Crippen LogP contribution in [0.5, 0.6) is 0 Å². The SMILES string of the molecule is CCCNC1CCCC1Cc1c(C)nn(C)c1Cl. The highest BCUT2D eigenvalue weighted by Gasteiger charge is 2.28. The maximum atomic E-state index is 6.32. The van der Waals surface area contributed by atoms with Gasteiger partial charge in [-0.15, -0.1) is 0 Å². The summed E-state index contributed by atoms with van der Waals surface area (Å²) >= 11 is 6.32. The summed E-state index contributed by atoms with van der Waals surface area (Å²) in [5, 5.41) is 8.89. The molecule has 0 bridgehead atoms. The third-order valence-corrected chi connectivity index (χ3v) is 4.52. The maximum Gasteiger partial charge on any atom is 0.130 e. The van der Waals surface area contributed by atoms with Crippen molar-refractivity contribution < 1.29 is 0 Å². The molecule has 0 radical (unpaired) electrons. The van der Waals surface area contributed by atoms with E-state index in [1.165, 1.54) is 31.2 Å². The Labute approximate surface area is 115 Å². The van der Waals surface area contributed by atoms with E-state index < -0.39 is 0 Å². The minimum atomic E-state index is 0.667. The van der Waals surface area contributed by atoms with E-state index in [0.717, 1.165) is 29.7 Å². The van der Waals surface area contributed by atoms with Crippen molar-refractivity contribution in [3.63, 3.8) is 0 Å². The van der Waals surface area contributed by atoms with Gasteiger partial charge < -0.3 is 5.32 Å². The van der Waals surface area contributed by atoms with E-state index in [4.69, 9.17) is 11.6 Å². The summed E-state index contributed by atoms with van der Waals surface area (Å²) < 4.78 is 1.79. The van der Waals surface area contributed by atoms with Crippen LogP contribution in [0.1, 0.15) is 43.9 Å². The monoisotopic (exact) mass is 269 g/mol. The van der Waals surface area contributed by atoms with Gasteiger partial charge in [0, 0.05) is 18.7 Å². The van der Waals surface area contributed by atoms with E-state index in [9.17, 15) is 0 Å². The Bertz CT molecular complexity index is 400. The maximum absolute atomic E-state index is 6.32. The van der Waals surface area contributed by atoms with Gasteiger partial charge in [0.1, 0.15) is 5.15 Å². The highest BCUT2D eigenvalue weighted by Crippen LogP contribution is 2.32. The van der Waals surface area contributed by atoms with Crippen LogP contribution in [0, 0.1) is 12.8 Å². The van der Waals surface area contributed by atoms with Crippen LogP contribution in [0.3, 0.4) is 0 Å². The molecule has 0 amide bonds. The molecule has 0 aliphatic heterocycles. The van der Waals surface area contributed by atoms with Gasteiger partial charge in [-0.1, -0.05) is 24.9 Å². The molecule has 0 spiro atoms. The number of halogens is 1. The van der Waals surface area contributed by atoms with E-state index >= 15 is 0 Å². The van der Waals surface area contributed by atoms with Crippen LogP contribution in [0.2, 0.25) is 5.15 Å². The lowest BCUT2D eigenvalue weighted by Crippen LogP contribution is -2.33. The number of nitrogens with zero attached hydrogens (tertiary/aromatic N) is 2. The number of hydrogen-bond donors (Lipinski definition) is 1. The van der Waals surface area contributed by atoms with Crippen molar-refractivity contribution in [3.05, 3.63) is 16.4 Å². The summed E-state index contributed by atoms with van der Waals surface area (Å²) in [5.74, 6) is 0.719. The largest absolute Gasteiger partial charge is 0.314 e. The van der Waals surface area contributed by atoms with Gasteiger partial charge in [-0.25, -0.2) is 0 Å². The summed E-state index contributed by atoms with van der Waals surface area (Å²) in [6, 6.07) is 0.667. The molecule has 0 aromatic carbocycles. The zero-order valence-corrected chi connectivity index (χ0v) is 12.4. The summed E-state index contributed by atoms with van der Waals surface area (Å²) in [6.45, 7) is 5.41. The molecule has 1 aliphatic rings.